The lowest BCUT2D eigenvalue weighted by atomic mass is 10.2. The molecule has 0 aliphatic carbocycles. The van der Waals surface area contributed by atoms with Gasteiger partial charge in [0.25, 0.3) is 0 Å². The molecule has 1 aromatic carbocycles. The summed E-state index contributed by atoms with van der Waals surface area (Å²) in [4.78, 5) is 11.5. The Bertz CT molecular complexity index is 1040. The van der Waals surface area contributed by atoms with Crippen LogP contribution in [0.1, 0.15) is 24.4 Å². The molecule has 0 bridgehead atoms. The van der Waals surface area contributed by atoms with Crippen molar-refractivity contribution < 1.29 is 19.7 Å². The first kappa shape index (κ1) is 23.0. The third-order valence-corrected chi connectivity index (χ3v) is 5.41. The van der Waals surface area contributed by atoms with Crippen LogP contribution < -0.4 is 4.74 Å². The zero-order valence-electron chi connectivity index (χ0n) is 17.4. The Morgan fingerprint density at radius 3 is 2.87 bits per heavy atom. The highest BCUT2D eigenvalue weighted by atomic mass is 32.2. The summed E-state index contributed by atoms with van der Waals surface area (Å²) in [5.74, 6) is 0.621. The largest absolute Gasteiger partial charge is 0.491 e. The number of aromatic nitrogens is 2. The lowest BCUT2D eigenvalue weighted by Gasteiger charge is -2.25. The topological polar surface area (TPSA) is 124 Å². The van der Waals surface area contributed by atoms with Gasteiger partial charge in [-0.2, -0.15) is 0 Å². The van der Waals surface area contributed by atoms with Crippen molar-refractivity contribution in [2.75, 3.05) is 19.5 Å². The van der Waals surface area contributed by atoms with Crippen LogP contribution in [0.5, 0.6) is 5.75 Å². The summed E-state index contributed by atoms with van der Waals surface area (Å²) in [6.45, 7) is 1.44. The molecule has 3 atom stereocenters. The number of aliphatic hydroxyl groups excluding tert-OH is 2. The molecule has 164 valence electrons. The zero-order valence-corrected chi connectivity index (χ0v) is 18.2. The first-order valence-electron chi connectivity index (χ1n) is 9.77. The Morgan fingerprint density at radius 1 is 1.32 bits per heavy atom. The Morgan fingerprint density at radius 2 is 2.16 bits per heavy atom. The van der Waals surface area contributed by atoms with E-state index < -0.39 is 18.3 Å². The summed E-state index contributed by atoms with van der Waals surface area (Å²) in [7, 11) is 0. The number of aliphatic imine (C=N–C) groups is 1. The first-order chi connectivity index (χ1) is 15.0. The quantitative estimate of drug-likeness (QED) is 0.282. The highest BCUT2D eigenvalue weighted by Gasteiger charge is 2.24. The van der Waals surface area contributed by atoms with Crippen LogP contribution in [0.15, 0.2) is 53.7 Å². The van der Waals surface area contributed by atoms with Gasteiger partial charge in [-0.15, -0.1) is 11.8 Å². The van der Waals surface area contributed by atoms with E-state index in [9.17, 15) is 10.2 Å². The maximum absolute atomic E-state index is 10.2. The number of thioether (sulfide) groups is 1. The monoisotopic (exact) mass is 442 g/mol. The maximum Gasteiger partial charge on any atom is 0.121 e. The third-order valence-electron chi connectivity index (χ3n) is 4.70. The van der Waals surface area contributed by atoms with E-state index in [1.807, 2.05) is 42.7 Å². The second-order valence-corrected chi connectivity index (χ2v) is 7.65. The molecule has 2 aromatic heterocycles. The fourth-order valence-corrected chi connectivity index (χ4v) is 3.54. The normalized spacial score (nSPS) is 14.9. The van der Waals surface area contributed by atoms with Gasteiger partial charge in [-0.3, -0.25) is 10.4 Å². The maximum atomic E-state index is 10.2. The molecule has 0 amide bonds. The molecule has 9 heteroatoms. The summed E-state index contributed by atoms with van der Waals surface area (Å²) in [5, 5.41) is 28.9. The molecule has 8 nitrogen and oxygen atoms in total. The van der Waals surface area contributed by atoms with Crippen LogP contribution in [0.3, 0.4) is 0 Å². The van der Waals surface area contributed by atoms with Gasteiger partial charge in [0.2, 0.25) is 0 Å². The minimum Gasteiger partial charge on any atom is -0.491 e. The summed E-state index contributed by atoms with van der Waals surface area (Å²) in [6, 6.07) is 13.1. The second-order valence-electron chi connectivity index (χ2n) is 6.85. The Kier molecular flexibility index (Phi) is 8.19. The molecule has 0 unspecified atom stereocenters. The average molecular weight is 443 g/mol. The van der Waals surface area contributed by atoms with Crippen LogP contribution in [0.25, 0.3) is 10.9 Å². The standard InChI is InChI=1S/C22H26N4O4S/c1-14(28)21(12-29-16-6-5-15-4-3-9-24-19(15)10-16)30-20(11-27)17-7-8-18(26-17)22(31-2)25-13-23/h3-10,13-14,20-21,23,26-28H,11-12H2,1-2H3/t14-,20+,21+/m0/s1. The molecule has 2 heterocycles. The van der Waals surface area contributed by atoms with E-state index in [1.54, 1.807) is 19.2 Å². The number of rotatable bonds is 10. The van der Waals surface area contributed by atoms with Crippen molar-refractivity contribution in [3.8, 4) is 5.75 Å². The molecular weight excluding hydrogens is 416 g/mol. The van der Waals surface area contributed by atoms with Gasteiger partial charge >= 0.3 is 0 Å². The highest BCUT2D eigenvalue weighted by molar-refractivity contribution is 8.13. The molecule has 0 aliphatic rings. The van der Waals surface area contributed by atoms with Gasteiger partial charge < -0.3 is 24.7 Å². The van der Waals surface area contributed by atoms with Gasteiger partial charge in [0.1, 0.15) is 35.9 Å². The van der Waals surface area contributed by atoms with E-state index in [0.717, 1.165) is 22.9 Å². The lowest BCUT2D eigenvalue weighted by molar-refractivity contribution is -0.104. The van der Waals surface area contributed by atoms with Crippen LogP contribution in [0, 0.1) is 5.41 Å². The van der Waals surface area contributed by atoms with E-state index in [4.69, 9.17) is 14.9 Å². The Balaban J connectivity index is 1.69. The number of nitrogens with zero attached hydrogens (tertiary/aromatic N) is 2. The molecule has 0 spiro atoms. The molecule has 4 N–H and O–H groups in total. The van der Waals surface area contributed by atoms with Gasteiger partial charge in [0, 0.05) is 23.3 Å². The van der Waals surface area contributed by atoms with Gasteiger partial charge in [-0.05, 0) is 43.5 Å². The molecule has 31 heavy (non-hydrogen) atoms. The molecule has 0 saturated carbocycles. The van der Waals surface area contributed by atoms with Gasteiger partial charge in [0.05, 0.1) is 23.9 Å². The first-order valence-corrected chi connectivity index (χ1v) is 11.0. The van der Waals surface area contributed by atoms with Crippen LogP contribution in [0.4, 0.5) is 0 Å². The lowest BCUT2D eigenvalue weighted by Crippen LogP contribution is -2.34. The second kappa shape index (κ2) is 11.1. The minimum atomic E-state index is -0.816. The van der Waals surface area contributed by atoms with Crippen molar-refractivity contribution in [3.05, 3.63) is 60.0 Å². The number of hydrogen-bond donors (Lipinski definition) is 4. The van der Waals surface area contributed by atoms with E-state index in [1.165, 1.54) is 11.8 Å². The molecule has 3 rings (SSSR count). The summed E-state index contributed by atoms with van der Waals surface area (Å²) >= 11 is 1.40. The SMILES string of the molecule is CSC(=NC=N)c1ccc([C@@H](CO)O[C@H](COc2ccc3cccnc3c2)[C@H](C)O)[nH]1. The molecule has 3 aromatic rings. The predicted octanol–water partition coefficient (Wildman–Crippen LogP) is 3.16. The van der Waals surface area contributed by atoms with Crippen molar-refractivity contribution in [1.29, 1.82) is 5.41 Å². The summed E-state index contributed by atoms with van der Waals surface area (Å²) < 4.78 is 11.8. The molecule has 0 radical (unpaired) electrons. The van der Waals surface area contributed by atoms with E-state index in [-0.39, 0.29) is 13.2 Å². The van der Waals surface area contributed by atoms with Crippen molar-refractivity contribution >= 4 is 34.0 Å². The Hall–Kier alpha value is -2.72. The minimum absolute atomic E-state index is 0.103. The molecule has 0 saturated heterocycles. The zero-order chi connectivity index (χ0) is 22.2. The fourth-order valence-electron chi connectivity index (χ4n) is 3.05. The number of fused-ring (bicyclic) bond motifs is 1. The summed E-state index contributed by atoms with van der Waals surface area (Å²) in [5.41, 5.74) is 2.18. The van der Waals surface area contributed by atoms with E-state index in [0.29, 0.717) is 16.5 Å². The smallest absolute Gasteiger partial charge is 0.121 e. The highest BCUT2D eigenvalue weighted by Crippen LogP contribution is 2.23. The number of hydrogen-bond acceptors (Lipinski definition) is 7. The number of nitrogens with one attached hydrogen (secondary N) is 2. The molecule has 0 aliphatic heterocycles. The molecule has 0 fully saturated rings. The van der Waals surface area contributed by atoms with Crippen LogP contribution in [0.2, 0.25) is 0 Å². The average Bonchev–Trinajstić information content (AvgIpc) is 3.27. The number of H-pyrrole nitrogens is 1. The number of aromatic amines is 1. The van der Waals surface area contributed by atoms with Crippen molar-refractivity contribution in [3.63, 3.8) is 0 Å². The van der Waals surface area contributed by atoms with Crippen LogP contribution in [-0.4, -0.2) is 63.2 Å². The third kappa shape index (κ3) is 5.92. The van der Waals surface area contributed by atoms with Crippen LogP contribution in [-0.2, 0) is 4.74 Å². The van der Waals surface area contributed by atoms with Gasteiger partial charge in [0.15, 0.2) is 0 Å². The van der Waals surface area contributed by atoms with Gasteiger partial charge in [-0.1, -0.05) is 6.07 Å². The van der Waals surface area contributed by atoms with Crippen LogP contribution >= 0.6 is 11.8 Å². The van der Waals surface area contributed by atoms with E-state index in [2.05, 4.69) is 15.0 Å². The van der Waals surface area contributed by atoms with E-state index >= 15 is 0 Å². The van der Waals surface area contributed by atoms with Crippen molar-refractivity contribution in [2.24, 2.45) is 4.99 Å². The van der Waals surface area contributed by atoms with Crippen molar-refractivity contribution in [2.45, 2.75) is 25.2 Å². The van der Waals surface area contributed by atoms with Crippen molar-refractivity contribution in [1.82, 2.24) is 9.97 Å². The number of aliphatic hydroxyl groups is 2. The summed E-state index contributed by atoms with van der Waals surface area (Å²) in [6.07, 6.45) is 2.40. The van der Waals surface area contributed by atoms with Gasteiger partial charge in [-0.25, -0.2) is 4.99 Å². The fraction of sp³-hybridized carbons (Fsp3) is 0.318. The number of benzene rings is 1. The predicted molar refractivity (Wildman–Crippen MR) is 123 cm³/mol. The Labute approximate surface area is 184 Å². The number of pyridine rings is 1. The molecular formula is C22H26N4O4S. The number of ether oxygens (including phenoxy) is 2.